The molecule has 1 rings (SSSR count). The maximum absolute atomic E-state index is 11.8. The molecule has 0 unspecified atom stereocenters. The van der Waals surface area contributed by atoms with Gasteiger partial charge in [-0.3, -0.25) is 4.79 Å². The summed E-state index contributed by atoms with van der Waals surface area (Å²) in [4.78, 5) is 12.3. The molecule has 0 radical (unpaired) electrons. The Hall–Kier alpha value is -2.23. The Labute approximate surface area is 128 Å². The highest BCUT2D eigenvalue weighted by atomic mass is 32.2. The molecule has 0 N–H and O–H groups in total. The fraction of sp³-hybridized carbons (Fsp3) is 0.467. The van der Waals surface area contributed by atoms with Gasteiger partial charge in [0.05, 0.1) is 13.2 Å². The number of carbonyl (C=O) groups excluding carboxylic acids is 1. The van der Waals surface area contributed by atoms with Crippen LogP contribution < -0.4 is 0 Å². The van der Waals surface area contributed by atoms with Gasteiger partial charge in [-0.2, -0.15) is 15.8 Å². The van der Waals surface area contributed by atoms with Gasteiger partial charge in [0.1, 0.15) is 17.7 Å². The van der Waals surface area contributed by atoms with Gasteiger partial charge in [-0.05, 0) is 43.1 Å². The fourth-order valence-electron chi connectivity index (χ4n) is 2.40. The summed E-state index contributed by atoms with van der Waals surface area (Å²) in [5, 5.41) is 27.4. The summed E-state index contributed by atoms with van der Waals surface area (Å²) in [5.41, 5.74) is 1.49. The van der Waals surface area contributed by atoms with Crippen LogP contribution in [0, 0.1) is 39.9 Å². The van der Waals surface area contributed by atoms with Crippen LogP contribution in [0.25, 0.3) is 0 Å². The molecule has 0 fully saturated rings. The molecule has 0 saturated carbocycles. The Balaban J connectivity index is 3.49. The van der Waals surface area contributed by atoms with Gasteiger partial charge in [-0.1, -0.05) is 0 Å². The molecule has 0 saturated heterocycles. The van der Waals surface area contributed by atoms with E-state index in [1.807, 2.05) is 18.2 Å². The first kappa shape index (κ1) is 16.8. The largest absolute Gasteiger partial charge is 0.468 e. The lowest BCUT2D eigenvalue weighted by Gasteiger charge is -2.23. The molecule has 0 bridgehead atoms. The van der Waals surface area contributed by atoms with Crippen molar-refractivity contribution in [2.75, 3.05) is 13.4 Å². The minimum atomic E-state index is -0.967. The Bertz CT molecular complexity index is 598. The lowest BCUT2D eigenvalue weighted by atomic mass is 9.83. The van der Waals surface area contributed by atoms with Crippen LogP contribution in [0.5, 0.6) is 0 Å². The molecule has 0 aromatic rings. The molecule has 108 valence electrons. The van der Waals surface area contributed by atoms with Gasteiger partial charge in [0, 0.05) is 4.91 Å². The Kier molecular flexibility index (Phi) is 6.53. The maximum atomic E-state index is 11.8. The van der Waals surface area contributed by atoms with Crippen molar-refractivity contribution in [1.82, 2.24) is 0 Å². The zero-order valence-electron chi connectivity index (χ0n) is 12.0. The Morgan fingerprint density at radius 2 is 1.86 bits per heavy atom. The van der Waals surface area contributed by atoms with E-state index in [4.69, 9.17) is 10.5 Å². The van der Waals surface area contributed by atoms with E-state index in [2.05, 4.69) is 4.74 Å². The summed E-state index contributed by atoms with van der Waals surface area (Å²) in [6, 6.07) is 5.75. The lowest BCUT2D eigenvalue weighted by Crippen LogP contribution is -2.20. The molecule has 1 atom stereocenters. The van der Waals surface area contributed by atoms with E-state index in [1.54, 1.807) is 6.26 Å². The second-order valence-electron chi connectivity index (χ2n) is 4.43. The molecule has 0 spiro atoms. The third-order valence-electron chi connectivity index (χ3n) is 3.35. The standard InChI is InChI=1S/C15H15N3O2S/c1-20-15(19)13(9-18)11-5-3-4-6-12(11)14(21-2)10(7-16)8-17/h13H,3-6H2,1-2H3/t13-/m0/s1. The molecular formula is C15H15N3O2S. The number of carbonyl (C=O) groups is 1. The minimum Gasteiger partial charge on any atom is -0.468 e. The van der Waals surface area contributed by atoms with Crippen LogP contribution in [-0.2, 0) is 9.53 Å². The van der Waals surface area contributed by atoms with Crippen molar-refractivity contribution in [1.29, 1.82) is 15.8 Å². The summed E-state index contributed by atoms with van der Waals surface area (Å²) in [6.45, 7) is 0. The number of nitrogens with zero attached hydrogens (tertiary/aromatic N) is 3. The van der Waals surface area contributed by atoms with E-state index in [0.717, 1.165) is 18.4 Å². The van der Waals surface area contributed by atoms with E-state index in [0.29, 0.717) is 23.3 Å². The third-order valence-corrected chi connectivity index (χ3v) is 4.21. The number of methoxy groups -OCH3 is 1. The van der Waals surface area contributed by atoms with E-state index in [9.17, 15) is 10.1 Å². The Morgan fingerprint density at radius 1 is 1.24 bits per heavy atom. The number of hydrogen-bond acceptors (Lipinski definition) is 6. The summed E-state index contributed by atoms with van der Waals surface area (Å²) in [6.07, 6.45) is 4.84. The zero-order chi connectivity index (χ0) is 15.8. The van der Waals surface area contributed by atoms with Gasteiger partial charge in [0.15, 0.2) is 5.92 Å². The van der Waals surface area contributed by atoms with Crippen LogP contribution in [0.15, 0.2) is 21.6 Å². The number of esters is 1. The SMILES string of the molecule is COC(=O)[C@@H](C#N)C1=C(C(SC)=C(C#N)C#N)CCCC1. The zero-order valence-corrected chi connectivity index (χ0v) is 12.8. The maximum Gasteiger partial charge on any atom is 0.327 e. The fourth-order valence-corrected chi connectivity index (χ4v) is 3.17. The van der Waals surface area contributed by atoms with Gasteiger partial charge >= 0.3 is 5.97 Å². The van der Waals surface area contributed by atoms with Gasteiger partial charge in [-0.15, -0.1) is 11.8 Å². The highest BCUT2D eigenvalue weighted by molar-refractivity contribution is 8.02. The van der Waals surface area contributed by atoms with Crippen LogP contribution >= 0.6 is 11.8 Å². The van der Waals surface area contributed by atoms with Crippen molar-refractivity contribution >= 4 is 17.7 Å². The topological polar surface area (TPSA) is 97.7 Å². The van der Waals surface area contributed by atoms with Crippen molar-refractivity contribution < 1.29 is 9.53 Å². The molecule has 1 aliphatic carbocycles. The van der Waals surface area contributed by atoms with Crippen molar-refractivity contribution in [2.24, 2.45) is 5.92 Å². The normalized spacial score (nSPS) is 15.2. The van der Waals surface area contributed by atoms with Gasteiger partial charge in [-0.25, -0.2) is 0 Å². The molecule has 1 aliphatic rings. The summed E-state index contributed by atoms with van der Waals surface area (Å²) in [7, 11) is 1.25. The molecule has 0 amide bonds. The number of ether oxygens (including phenoxy) is 1. The monoisotopic (exact) mass is 301 g/mol. The molecule has 0 aromatic heterocycles. The average Bonchev–Trinajstić information content (AvgIpc) is 2.53. The van der Waals surface area contributed by atoms with Crippen molar-refractivity contribution in [3.63, 3.8) is 0 Å². The van der Waals surface area contributed by atoms with E-state index >= 15 is 0 Å². The average molecular weight is 301 g/mol. The lowest BCUT2D eigenvalue weighted by molar-refractivity contribution is -0.142. The highest BCUT2D eigenvalue weighted by Crippen LogP contribution is 2.39. The second-order valence-corrected chi connectivity index (χ2v) is 5.24. The molecule has 21 heavy (non-hydrogen) atoms. The predicted molar refractivity (Wildman–Crippen MR) is 78.4 cm³/mol. The molecule has 0 aromatic carbocycles. The summed E-state index contributed by atoms with van der Waals surface area (Å²) in [5.74, 6) is -1.56. The van der Waals surface area contributed by atoms with Crippen molar-refractivity contribution in [2.45, 2.75) is 25.7 Å². The van der Waals surface area contributed by atoms with Gasteiger partial charge in [0.25, 0.3) is 0 Å². The smallest absolute Gasteiger partial charge is 0.327 e. The summed E-state index contributed by atoms with van der Waals surface area (Å²) < 4.78 is 4.68. The van der Waals surface area contributed by atoms with Crippen molar-refractivity contribution in [3.05, 3.63) is 21.6 Å². The predicted octanol–water partition coefficient (Wildman–Crippen LogP) is 2.83. The third kappa shape index (κ3) is 3.66. The Morgan fingerprint density at radius 3 is 2.33 bits per heavy atom. The van der Waals surface area contributed by atoms with E-state index < -0.39 is 11.9 Å². The number of nitriles is 3. The van der Waals surface area contributed by atoms with Crippen LogP contribution in [0.3, 0.4) is 0 Å². The van der Waals surface area contributed by atoms with Crippen LogP contribution in [-0.4, -0.2) is 19.3 Å². The first-order valence-electron chi connectivity index (χ1n) is 6.42. The molecule has 0 heterocycles. The summed E-state index contributed by atoms with van der Waals surface area (Å²) >= 11 is 1.30. The van der Waals surface area contributed by atoms with E-state index in [1.165, 1.54) is 18.9 Å². The highest BCUT2D eigenvalue weighted by Gasteiger charge is 2.29. The first-order chi connectivity index (χ1) is 10.1. The molecule has 5 nitrogen and oxygen atoms in total. The second kappa shape index (κ2) is 8.15. The number of rotatable bonds is 4. The van der Waals surface area contributed by atoms with Crippen LogP contribution in [0.1, 0.15) is 25.7 Å². The first-order valence-corrected chi connectivity index (χ1v) is 7.65. The van der Waals surface area contributed by atoms with Crippen molar-refractivity contribution in [3.8, 4) is 18.2 Å². The quantitative estimate of drug-likeness (QED) is 0.585. The van der Waals surface area contributed by atoms with Gasteiger partial charge < -0.3 is 4.74 Å². The number of hydrogen-bond donors (Lipinski definition) is 0. The molecule has 0 aliphatic heterocycles. The van der Waals surface area contributed by atoms with Gasteiger partial charge in [0.2, 0.25) is 0 Å². The molecular weight excluding hydrogens is 286 g/mol. The molecule has 6 heteroatoms. The number of thioether (sulfide) groups is 1. The van der Waals surface area contributed by atoms with Crippen LogP contribution in [0.4, 0.5) is 0 Å². The minimum absolute atomic E-state index is 0.0263. The number of allylic oxidation sites excluding steroid dienone is 2. The van der Waals surface area contributed by atoms with Crippen LogP contribution in [0.2, 0.25) is 0 Å². The van der Waals surface area contributed by atoms with E-state index in [-0.39, 0.29) is 5.57 Å².